The number of ether oxygens (including phenoxy) is 2. The van der Waals surface area contributed by atoms with Gasteiger partial charge in [0.25, 0.3) is 5.91 Å². The smallest absolute Gasteiger partial charge is 0.254 e. The summed E-state index contributed by atoms with van der Waals surface area (Å²) in [7, 11) is 0. The van der Waals surface area contributed by atoms with E-state index in [4.69, 9.17) is 9.47 Å². The highest BCUT2D eigenvalue weighted by atomic mass is 32.2. The van der Waals surface area contributed by atoms with E-state index in [1.54, 1.807) is 0 Å². The second-order valence-corrected chi connectivity index (χ2v) is 9.50. The molecule has 142 valence electrons. The highest BCUT2D eigenvalue weighted by Crippen LogP contribution is 2.46. The fourth-order valence-corrected chi connectivity index (χ4v) is 5.80. The van der Waals surface area contributed by atoms with Gasteiger partial charge in [0.1, 0.15) is 0 Å². The fourth-order valence-electron chi connectivity index (χ4n) is 4.25. The Balaban J connectivity index is 1.26. The number of carbonyl (C=O) groups is 1. The van der Waals surface area contributed by atoms with Crippen LogP contribution < -0.4 is 0 Å². The predicted octanol–water partition coefficient (Wildman–Crippen LogP) is 2.84. The van der Waals surface area contributed by atoms with Crippen molar-refractivity contribution in [1.82, 2.24) is 9.88 Å². The maximum Gasteiger partial charge on any atom is 0.254 e. The first kappa shape index (κ1) is 18.3. The van der Waals surface area contributed by atoms with Gasteiger partial charge in [0.05, 0.1) is 10.9 Å². The van der Waals surface area contributed by atoms with Gasteiger partial charge >= 0.3 is 0 Å². The first-order valence-corrected chi connectivity index (χ1v) is 10.6. The van der Waals surface area contributed by atoms with Gasteiger partial charge in [0, 0.05) is 55.6 Å². The molecule has 3 aliphatic heterocycles. The van der Waals surface area contributed by atoms with Crippen molar-refractivity contribution in [2.45, 2.75) is 44.0 Å². The molecule has 0 aromatic carbocycles. The molecule has 1 atom stereocenters. The zero-order valence-electron chi connectivity index (χ0n) is 15.7. The van der Waals surface area contributed by atoms with Crippen molar-refractivity contribution in [3.8, 4) is 0 Å². The summed E-state index contributed by atoms with van der Waals surface area (Å²) in [5.41, 5.74) is 2.57. The Morgan fingerprint density at radius 3 is 2.69 bits per heavy atom. The second-order valence-electron chi connectivity index (χ2n) is 8.01. The summed E-state index contributed by atoms with van der Waals surface area (Å²) in [6, 6.07) is 3.78. The largest absolute Gasteiger partial charge is 0.381 e. The molecule has 0 radical (unpaired) electrons. The van der Waals surface area contributed by atoms with E-state index in [1.165, 1.54) is 0 Å². The fraction of sp³-hybridized carbons (Fsp3) is 0.700. The zero-order valence-corrected chi connectivity index (χ0v) is 16.5. The first-order valence-electron chi connectivity index (χ1n) is 9.61. The van der Waals surface area contributed by atoms with Crippen LogP contribution in [0.4, 0.5) is 0 Å². The van der Waals surface area contributed by atoms with E-state index >= 15 is 0 Å². The molecule has 6 heteroatoms. The molecule has 0 N–H and O–H groups in total. The van der Waals surface area contributed by atoms with E-state index < -0.39 is 0 Å². The lowest BCUT2D eigenvalue weighted by Crippen LogP contribution is -2.60. The van der Waals surface area contributed by atoms with Crippen LogP contribution in [0.25, 0.3) is 0 Å². The third-order valence-electron chi connectivity index (χ3n) is 5.66. The molecule has 3 fully saturated rings. The molecule has 0 saturated carbocycles. The molecule has 3 saturated heterocycles. The molecule has 1 unspecified atom stereocenters. The van der Waals surface area contributed by atoms with Crippen LogP contribution in [0, 0.1) is 19.8 Å². The quantitative estimate of drug-likeness (QED) is 0.809. The Labute approximate surface area is 159 Å². The standard InChI is InChI=1S/C20H28N2O3S/c1-14-7-17(8-15(2)21-14)19(23)22-12-20(13-22)9-18(11-26-20)25-10-16-3-5-24-6-4-16/h7-8,16,18H,3-6,9-13H2,1-2H3. The summed E-state index contributed by atoms with van der Waals surface area (Å²) in [6.45, 7) is 8.18. The minimum absolute atomic E-state index is 0.136. The van der Waals surface area contributed by atoms with E-state index in [9.17, 15) is 4.79 Å². The highest BCUT2D eigenvalue weighted by molar-refractivity contribution is 8.01. The van der Waals surface area contributed by atoms with Gasteiger partial charge in [-0.2, -0.15) is 0 Å². The van der Waals surface area contributed by atoms with Gasteiger partial charge in [0.2, 0.25) is 0 Å². The molecule has 3 aliphatic rings. The zero-order chi connectivity index (χ0) is 18.1. The number of aromatic nitrogens is 1. The molecule has 1 spiro atoms. The van der Waals surface area contributed by atoms with Crippen molar-refractivity contribution in [3.05, 3.63) is 29.1 Å². The van der Waals surface area contributed by atoms with E-state index in [-0.39, 0.29) is 10.7 Å². The molecular weight excluding hydrogens is 348 g/mol. The van der Waals surface area contributed by atoms with Crippen LogP contribution in [-0.2, 0) is 9.47 Å². The summed E-state index contributed by atoms with van der Waals surface area (Å²) in [5, 5.41) is 0. The van der Waals surface area contributed by atoms with Crippen molar-refractivity contribution < 1.29 is 14.3 Å². The van der Waals surface area contributed by atoms with Crippen LogP contribution in [0.3, 0.4) is 0 Å². The van der Waals surface area contributed by atoms with Gasteiger partial charge in [-0.25, -0.2) is 0 Å². The Morgan fingerprint density at radius 2 is 2.00 bits per heavy atom. The van der Waals surface area contributed by atoms with Crippen molar-refractivity contribution in [3.63, 3.8) is 0 Å². The van der Waals surface area contributed by atoms with Crippen molar-refractivity contribution >= 4 is 17.7 Å². The Morgan fingerprint density at radius 1 is 1.31 bits per heavy atom. The number of thioether (sulfide) groups is 1. The molecule has 1 aromatic rings. The topological polar surface area (TPSA) is 51.7 Å². The van der Waals surface area contributed by atoms with Gasteiger partial charge in [0.15, 0.2) is 0 Å². The van der Waals surface area contributed by atoms with E-state index in [2.05, 4.69) is 4.98 Å². The summed E-state index contributed by atoms with van der Waals surface area (Å²) < 4.78 is 11.8. The number of amides is 1. The van der Waals surface area contributed by atoms with Crippen LogP contribution in [0.1, 0.15) is 41.0 Å². The summed E-state index contributed by atoms with van der Waals surface area (Å²) in [5.74, 6) is 1.85. The minimum atomic E-state index is 0.136. The molecule has 4 heterocycles. The molecule has 1 amide bonds. The molecule has 0 aliphatic carbocycles. The number of carbonyl (C=O) groups excluding carboxylic acids is 1. The third-order valence-corrected chi connectivity index (χ3v) is 7.23. The second kappa shape index (κ2) is 7.49. The molecule has 0 bridgehead atoms. The molecule has 26 heavy (non-hydrogen) atoms. The SMILES string of the molecule is Cc1cc(C(=O)N2CC3(CC(OCC4CCOCC4)CS3)C2)cc(C)n1. The van der Waals surface area contributed by atoms with Crippen molar-refractivity contribution in [2.24, 2.45) is 5.92 Å². The normalized spacial score (nSPS) is 25.5. The van der Waals surface area contributed by atoms with Crippen LogP contribution in [0.15, 0.2) is 12.1 Å². The Bertz CT molecular complexity index is 649. The molecular formula is C20H28N2O3S. The highest BCUT2D eigenvalue weighted by Gasteiger charge is 2.51. The first-order chi connectivity index (χ1) is 12.5. The number of hydrogen-bond acceptors (Lipinski definition) is 5. The lowest BCUT2D eigenvalue weighted by Gasteiger charge is -2.47. The van der Waals surface area contributed by atoms with Crippen LogP contribution in [0.2, 0.25) is 0 Å². The van der Waals surface area contributed by atoms with Crippen LogP contribution in [-0.4, -0.2) is 65.3 Å². The van der Waals surface area contributed by atoms with E-state index in [1.807, 2.05) is 42.6 Å². The lowest BCUT2D eigenvalue weighted by atomic mass is 9.92. The third kappa shape index (κ3) is 3.92. The number of rotatable bonds is 4. The average molecular weight is 377 g/mol. The van der Waals surface area contributed by atoms with Gasteiger partial charge < -0.3 is 14.4 Å². The number of nitrogens with zero attached hydrogens (tertiary/aromatic N) is 2. The summed E-state index contributed by atoms with van der Waals surface area (Å²) >= 11 is 1.99. The number of aryl methyl sites for hydroxylation is 2. The van der Waals surface area contributed by atoms with E-state index in [0.717, 1.165) is 74.9 Å². The number of pyridine rings is 1. The van der Waals surface area contributed by atoms with Crippen molar-refractivity contribution in [2.75, 3.05) is 38.7 Å². The minimum Gasteiger partial charge on any atom is -0.381 e. The number of likely N-dealkylation sites (tertiary alicyclic amines) is 1. The van der Waals surface area contributed by atoms with Crippen LogP contribution in [0.5, 0.6) is 0 Å². The van der Waals surface area contributed by atoms with Gasteiger partial charge in [-0.05, 0) is 51.2 Å². The van der Waals surface area contributed by atoms with Gasteiger partial charge in [-0.15, -0.1) is 11.8 Å². The maximum absolute atomic E-state index is 12.7. The molecule has 5 nitrogen and oxygen atoms in total. The monoisotopic (exact) mass is 376 g/mol. The van der Waals surface area contributed by atoms with Gasteiger partial charge in [-0.1, -0.05) is 0 Å². The molecule has 1 aromatic heterocycles. The molecule has 4 rings (SSSR count). The number of hydrogen-bond donors (Lipinski definition) is 0. The van der Waals surface area contributed by atoms with Gasteiger partial charge in [-0.3, -0.25) is 9.78 Å². The Kier molecular flexibility index (Phi) is 5.26. The Hall–Kier alpha value is -1.11. The van der Waals surface area contributed by atoms with Crippen molar-refractivity contribution in [1.29, 1.82) is 0 Å². The maximum atomic E-state index is 12.7. The summed E-state index contributed by atoms with van der Waals surface area (Å²) in [6.07, 6.45) is 3.65. The van der Waals surface area contributed by atoms with Crippen LogP contribution >= 0.6 is 11.8 Å². The average Bonchev–Trinajstić information content (AvgIpc) is 3.03. The van der Waals surface area contributed by atoms with E-state index in [0.29, 0.717) is 12.0 Å². The lowest BCUT2D eigenvalue weighted by molar-refractivity contribution is -0.0118. The predicted molar refractivity (Wildman–Crippen MR) is 103 cm³/mol. The summed E-state index contributed by atoms with van der Waals surface area (Å²) in [4.78, 5) is 19.1.